The van der Waals surface area contributed by atoms with E-state index in [1.165, 1.54) is 6.42 Å². The first-order chi connectivity index (χ1) is 8.54. The lowest BCUT2D eigenvalue weighted by Crippen LogP contribution is -2.30. The van der Waals surface area contributed by atoms with E-state index in [4.69, 9.17) is 0 Å². The lowest BCUT2D eigenvalue weighted by atomic mass is 10.1. The average Bonchev–Trinajstić information content (AvgIpc) is 2.73. The van der Waals surface area contributed by atoms with Crippen LogP contribution >= 0.6 is 0 Å². The third kappa shape index (κ3) is 3.45. The molecule has 2 nitrogen and oxygen atoms in total. The van der Waals surface area contributed by atoms with Gasteiger partial charge in [0.2, 0.25) is 0 Å². The largest absolute Gasteiger partial charge is 0.371 e. The topological polar surface area (TPSA) is 15.3 Å². The van der Waals surface area contributed by atoms with Crippen LogP contribution < -0.4 is 10.2 Å². The van der Waals surface area contributed by atoms with Crippen LogP contribution in [0.25, 0.3) is 0 Å². The molecule has 2 rings (SSSR count). The summed E-state index contributed by atoms with van der Waals surface area (Å²) in [6.45, 7) is 9.41. The summed E-state index contributed by atoms with van der Waals surface area (Å²) < 4.78 is 13.4. The Bertz CT molecular complexity index is 383. The first-order valence-electron chi connectivity index (χ1n) is 6.80. The number of nitrogens with one attached hydrogen (secondary N) is 1. The van der Waals surface area contributed by atoms with Gasteiger partial charge in [-0.05, 0) is 49.6 Å². The van der Waals surface area contributed by atoms with Gasteiger partial charge in [-0.1, -0.05) is 13.8 Å². The van der Waals surface area contributed by atoms with Crippen LogP contribution in [0.1, 0.15) is 25.8 Å². The molecule has 0 radical (unpaired) electrons. The van der Waals surface area contributed by atoms with Gasteiger partial charge in [0.05, 0.1) is 0 Å². The molecule has 1 atom stereocenters. The number of aryl methyl sites for hydroxylation is 1. The Labute approximate surface area is 109 Å². The highest BCUT2D eigenvalue weighted by molar-refractivity contribution is 5.49. The van der Waals surface area contributed by atoms with E-state index in [0.29, 0.717) is 12.0 Å². The summed E-state index contributed by atoms with van der Waals surface area (Å²) in [6.07, 6.45) is 1.19. The van der Waals surface area contributed by atoms with Gasteiger partial charge in [-0.15, -0.1) is 0 Å². The number of hydrogen-bond acceptors (Lipinski definition) is 2. The lowest BCUT2D eigenvalue weighted by molar-refractivity contribution is 0.480. The van der Waals surface area contributed by atoms with Crippen LogP contribution in [0.2, 0.25) is 0 Å². The molecule has 0 aliphatic carbocycles. The predicted molar refractivity (Wildman–Crippen MR) is 74.6 cm³/mol. The zero-order valence-corrected chi connectivity index (χ0v) is 11.5. The van der Waals surface area contributed by atoms with E-state index in [9.17, 15) is 4.39 Å². The molecule has 0 bridgehead atoms. The van der Waals surface area contributed by atoms with E-state index in [0.717, 1.165) is 30.9 Å². The Balaban J connectivity index is 1.95. The van der Waals surface area contributed by atoms with Crippen LogP contribution in [-0.2, 0) is 0 Å². The SMILES string of the molecule is Cc1cc(F)cc(N2CCC(CNC(C)C)C2)c1. The Morgan fingerprint density at radius 3 is 2.83 bits per heavy atom. The molecule has 0 saturated carbocycles. The van der Waals surface area contributed by atoms with E-state index in [-0.39, 0.29) is 5.82 Å². The molecule has 1 aliphatic heterocycles. The molecule has 1 aliphatic rings. The van der Waals surface area contributed by atoms with Gasteiger partial charge in [-0.25, -0.2) is 4.39 Å². The van der Waals surface area contributed by atoms with Gasteiger partial charge in [0.15, 0.2) is 0 Å². The number of rotatable bonds is 4. The van der Waals surface area contributed by atoms with Crippen molar-refractivity contribution in [2.45, 2.75) is 33.2 Å². The molecule has 0 spiro atoms. The standard InChI is InChI=1S/C15H23FN2/c1-11(2)17-9-13-4-5-18(10-13)15-7-12(3)6-14(16)8-15/h6-8,11,13,17H,4-5,9-10H2,1-3H3. The number of nitrogens with zero attached hydrogens (tertiary/aromatic N) is 1. The van der Waals surface area contributed by atoms with Crippen LogP contribution in [0, 0.1) is 18.7 Å². The second-order valence-corrected chi connectivity index (χ2v) is 5.65. The molecule has 100 valence electrons. The maximum atomic E-state index is 13.4. The van der Waals surface area contributed by atoms with E-state index in [2.05, 4.69) is 30.1 Å². The highest BCUT2D eigenvalue weighted by Crippen LogP contribution is 2.25. The molecular weight excluding hydrogens is 227 g/mol. The minimum atomic E-state index is -0.131. The van der Waals surface area contributed by atoms with Crippen LogP contribution in [0.15, 0.2) is 18.2 Å². The molecule has 18 heavy (non-hydrogen) atoms. The predicted octanol–water partition coefficient (Wildman–Crippen LogP) is 2.96. The fourth-order valence-electron chi connectivity index (χ4n) is 2.54. The maximum absolute atomic E-state index is 13.4. The fourth-order valence-corrected chi connectivity index (χ4v) is 2.54. The maximum Gasteiger partial charge on any atom is 0.125 e. The summed E-state index contributed by atoms with van der Waals surface area (Å²) in [6, 6.07) is 5.83. The Hall–Kier alpha value is -1.09. The van der Waals surface area contributed by atoms with Gasteiger partial charge >= 0.3 is 0 Å². The van der Waals surface area contributed by atoms with Gasteiger partial charge < -0.3 is 10.2 Å². The summed E-state index contributed by atoms with van der Waals surface area (Å²) in [5, 5.41) is 3.48. The smallest absolute Gasteiger partial charge is 0.125 e. The molecule has 1 N–H and O–H groups in total. The second-order valence-electron chi connectivity index (χ2n) is 5.65. The minimum absolute atomic E-state index is 0.131. The summed E-state index contributed by atoms with van der Waals surface area (Å²) in [5.41, 5.74) is 2.02. The van der Waals surface area contributed by atoms with E-state index < -0.39 is 0 Å². The molecule has 1 saturated heterocycles. The van der Waals surface area contributed by atoms with Gasteiger partial charge in [-0.3, -0.25) is 0 Å². The third-order valence-electron chi connectivity index (χ3n) is 3.49. The first kappa shape index (κ1) is 13.3. The van der Waals surface area contributed by atoms with Gasteiger partial charge in [0.25, 0.3) is 0 Å². The average molecular weight is 250 g/mol. The van der Waals surface area contributed by atoms with E-state index >= 15 is 0 Å². The van der Waals surface area contributed by atoms with Crippen molar-refractivity contribution in [3.63, 3.8) is 0 Å². The molecule has 0 aromatic heterocycles. The van der Waals surface area contributed by atoms with Crippen molar-refractivity contribution < 1.29 is 4.39 Å². The number of halogens is 1. The summed E-state index contributed by atoms with van der Waals surface area (Å²) in [4.78, 5) is 2.29. The third-order valence-corrected chi connectivity index (χ3v) is 3.49. The van der Waals surface area contributed by atoms with E-state index in [1.54, 1.807) is 12.1 Å². The Morgan fingerprint density at radius 1 is 1.39 bits per heavy atom. The zero-order valence-electron chi connectivity index (χ0n) is 11.5. The van der Waals surface area contributed by atoms with Gasteiger partial charge in [0, 0.05) is 24.8 Å². The van der Waals surface area contributed by atoms with Crippen LogP contribution in [0.4, 0.5) is 10.1 Å². The normalized spacial score (nSPS) is 19.8. The quantitative estimate of drug-likeness (QED) is 0.884. The molecule has 0 amide bonds. The van der Waals surface area contributed by atoms with Crippen molar-refractivity contribution in [2.24, 2.45) is 5.92 Å². The molecule has 3 heteroatoms. The molecule has 1 heterocycles. The van der Waals surface area contributed by atoms with Crippen LogP contribution in [0.5, 0.6) is 0 Å². The van der Waals surface area contributed by atoms with Crippen LogP contribution in [-0.4, -0.2) is 25.7 Å². The fraction of sp³-hybridized carbons (Fsp3) is 0.600. The summed E-state index contributed by atoms with van der Waals surface area (Å²) in [5.74, 6) is 0.546. The Kier molecular flexibility index (Phi) is 4.23. The van der Waals surface area contributed by atoms with Gasteiger partial charge in [-0.2, -0.15) is 0 Å². The van der Waals surface area contributed by atoms with Crippen LogP contribution in [0.3, 0.4) is 0 Å². The molecule has 1 unspecified atom stereocenters. The van der Waals surface area contributed by atoms with Crippen molar-refractivity contribution in [3.8, 4) is 0 Å². The lowest BCUT2D eigenvalue weighted by Gasteiger charge is -2.20. The van der Waals surface area contributed by atoms with Crippen molar-refractivity contribution in [2.75, 3.05) is 24.5 Å². The van der Waals surface area contributed by atoms with Crippen molar-refractivity contribution in [3.05, 3.63) is 29.6 Å². The number of anilines is 1. The number of hydrogen-bond donors (Lipinski definition) is 1. The molecule has 1 fully saturated rings. The monoisotopic (exact) mass is 250 g/mol. The second kappa shape index (κ2) is 5.70. The van der Waals surface area contributed by atoms with E-state index in [1.807, 2.05) is 6.92 Å². The number of benzene rings is 1. The molecule has 1 aromatic rings. The highest BCUT2D eigenvalue weighted by atomic mass is 19.1. The van der Waals surface area contributed by atoms with Gasteiger partial charge in [0.1, 0.15) is 5.82 Å². The molecule has 1 aromatic carbocycles. The summed E-state index contributed by atoms with van der Waals surface area (Å²) >= 11 is 0. The first-order valence-corrected chi connectivity index (χ1v) is 6.80. The van der Waals surface area contributed by atoms with Crippen molar-refractivity contribution in [1.82, 2.24) is 5.32 Å². The Morgan fingerprint density at radius 2 is 2.17 bits per heavy atom. The summed E-state index contributed by atoms with van der Waals surface area (Å²) in [7, 11) is 0. The van der Waals surface area contributed by atoms with Crippen molar-refractivity contribution >= 4 is 5.69 Å². The van der Waals surface area contributed by atoms with Crippen molar-refractivity contribution in [1.29, 1.82) is 0 Å². The zero-order chi connectivity index (χ0) is 13.1. The minimum Gasteiger partial charge on any atom is -0.371 e. The highest BCUT2D eigenvalue weighted by Gasteiger charge is 2.22. The molecular formula is C15H23FN2.